The third-order valence-corrected chi connectivity index (χ3v) is 3.52. The number of ether oxygens (including phenoxy) is 1. The Hall–Kier alpha value is -2.19. The van der Waals surface area contributed by atoms with Crippen LogP contribution in [0.1, 0.15) is 5.56 Å². The standard InChI is InChI=1S/C13H13FN2O4S/c14-10-1-2-11(12(6-10)20-4-3-17)15-7-9-5-13(16(18)19)21-8-9/h1-2,5-6,8,15,17H,3-4,7H2. The number of aliphatic hydroxyl groups excluding tert-OH is 1. The van der Waals surface area contributed by atoms with Crippen LogP contribution in [0.4, 0.5) is 15.1 Å². The number of thiophene rings is 1. The summed E-state index contributed by atoms with van der Waals surface area (Å²) in [4.78, 5) is 10.2. The molecule has 0 aliphatic rings. The van der Waals surface area contributed by atoms with Crippen molar-refractivity contribution in [2.45, 2.75) is 6.54 Å². The van der Waals surface area contributed by atoms with Gasteiger partial charge in [-0.25, -0.2) is 4.39 Å². The Bertz CT molecular complexity index is 632. The summed E-state index contributed by atoms with van der Waals surface area (Å²) < 4.78 is 18.4. The fourth-order valence-electron chi connectivity index (χ4n) is 1.67. The Labute approximate surface area is 123 Å². The molecule has 0 fully saturated rings. The van der Waals surface area contributed by atoms with Crippen LogP contribution in [0.25, 0.3) is 0 Å². The second kappa shape index (κ2) is 7.00. The van der Waals surface area contributed by atoms with E-state index in [4.69, 9.17) is 9.84 Å². The van der Waals surface area contributed by atoms with E-state index in [1.54, 1.807) is 5.38 Å². The molecule has 0 aliphatic carbocycles. The molecular formula is C13H13FN2O4S. The van der Waals surface area contributed by atoms with Gasteiger partial charge in [-0.2, -0.15) is 0 Å². The van der Waals surface area contributed by atoms with Gasteiger partial charge in [0.2, 0.25) is 0 Å². The molecule has 6 nitrogen and oxygen atoms in total. The molecule has 8 heteroatoms. The number of halogens is 1. The van der Waals surface area contributed by atoms with Gasteiger partial charge >= 0.3 is 5.00 Å². The van der Waals surface area contributed by atoms with Gasteiger partial charge in [0.25, 0.3) is 0 Å². The van der Waals surface area contributed by atoms with Gasteiger partial charge in [-0.3, -0.25) is 10.1 Å². The molecule has 1 aromatic carbocycles. The normalized spacial score (nSPS) is 10.4. The maximum absolute atomic E-state index is 13.2. The molecule has 0 unspecified atom stereocenters. The van der Waals surface area contributed by atoms with Crippen LogP contribution in [0.15, 0.2) is 29.6 Å². The van der Waals surface area contributed by atoms with E-state index in [0.29, 0.717) is 12.2 Å². The number of anilines is 1. The average Bonchev–Trinajstić information content (AvgIpc) is 2.93. The first kappa shape index (κ1) is 15.2. The number of nitrogens with zero attached hydrogens (tertiary/aromatic N) is 1. The lowest BCUT2D eigenvalue weighted by atomic mass is 10.2. The molecule has 2 rings (SSSR count). The van der Waals surface area contributed by atoms with Gasteiger partial charge in [0.1, 0.15) is 18.2 Å². The molecule has 2 aromatic rings. The van der Waals surface area contributed by atoms with Gasteiger partial charge < -0.3 is 15.2 Å². The van der Waals surface area contributed by atoms with Crippen LogP contribution in [0.2, 0.25) is 0 Å². The summed E-state index contributed by atoms with van der Waals surface area (Å²) in [5, 5.41) is 24.1. The number of hydrogen-bond acceptors (Lipinski definition) is 6. The van der Waals surface area contributed by atoms with Crippen LogP contribution in [0, 0.1) is 15.9 Å². The predicted octanol–water partition coefficient (Wildman–Crippen LogP) is 2.78. The number of hydrogen-bond donors (Lipinski definition) is 2. The summed E-state index contributed by atoms with van der Waals surface area (Å²) in [6.07, 6.45) is 0. The largest absolute Gasteiger partial charge is 0.489 e. The molecule has 0 saturated heterocycles. The van der Waals surface area contributed by atoms with E-state index in [0.717, 1.165) is 16.9 Å². The topological polar surface area (TPSA) is 84.6 Å². The molecule has 0 atom stereocenters. The first-order chi connectivity index (χ1) is 10.1. The average molecular weight is 312 g/mol. The van der Waals surface area contributed by atoms with Crippen molar-refractivity contribution in [2.75, 3.05) is 18.5 Å². The number of aliphatic hydroxyl groups is 1. The van der Waals surface area contributed by atoms with E-state index in [1.165, 1.54) is 24.3 Å². The van der Waals surface area contributed by atoms with Crippen molar-refractivity contribution in [3.05, 3.63) is 51.1 Å². The molecule has 2 N–H and O–H groups in total. The fourth-order valence-corrected chi connectivity index (χ4v) is 2.39. The molecule has 0 radical (unpaired) electrons. The van der Waals surface area contributed by atoms with Crippen LogP contribution in [0.3, 0.4) is 0 Å². The molecule has 0 saturated carbocycles. The van der Waals surface area contributed by atoms with Crippen molar-refractivity contribution in [1.29, 1.82) is 0 Å². The van der Waals surface area contributed by atoms with Gasteiger partial charge in [-0.05, 0) is 17.7 Å². The second-order valence-corrected chi connectivity index (χ2v) is 5.01. The fraction of sp³-hybridized carbons (Fsp3) is 0.231. The van der Waals surface area contributed by atoms with Gasteiger partial charge in [-0.1, -0.05) is 11.3 Å². The smallest absolute Gasteiger partial charge is 0.324 e. The summed E-state index contributed by atoms with van der Waals surface area (Å²) in [7, 11) is 0. The first-order valence-corrected chi connectivity index (χ1v) is 6.97. The maximum atomic E-state index is 13.2. The van der Waals surface area contributed by atoms with E-state index in [2.05, 4.69) is 5.32 Å². The van der Waals surface area contributed by atoms with Crippen LogP contribution in [0.5, 0.6) is 5.75 Å². The van der Waals surface area contributed by atoms with Crippen molar-refractivity contribution in [3.63, 3.8) is 0 Å². The molecule has 21 heavy (non-hydrogen) atoms. The molecule has 0 bridgehead atoms. The Kier molecular flexibility index (Phi) is 5.07. The van der Waals surface area contributed by atoms with Gasteiger partial charge in [0.05, 0.1) is 17.2 Å². The maximum Gasteiger partial charge on any atom is 0.324 e. The molecular weight excluding hydrogens is 299 g/mol. The number of nitrogens with one attached hydrogen (secondary N) is 1. The Morgan fingerprint density at radius 2 is 2.24 bits per heavy atom. The van der Waals surface area contributed by atoms with Crippen LogP contribution >= 0.6 is 11.3 Å². The van der Waals surface area contributed by atoms with Gasteiger partial charge in [0, 0.05) is 24.1 Å². The summed E-state index contributed by atoms with van der Waals surface area (Å²) in [6, 6.07) is 5.50. The van der Waals surface area contributed by atoms with E-state index < -0.39 is 10.7 Å². The summed E-state index contributed by atoms with van der Waals surface area (Å²) in [6.45, 7) is 0.236. The Morgan fingerprint density at radius 1 is 1.43 bits per heavy atom. The van der Waals surface area contributed by atoms with Crippen molar-refractivity contribution in [3.8, 4) is 5.75 Å². The zero-order valence-corrected chi connectivity index (χ0v) is 11.7. The van der Waals surface area contributed by atoms with Crippen LogP contribution in [-0.2, 0) is 6.54 Å². The lowest BCUT2D eigenvalue weighted by molar-refractivity contribution is -0.380. The summed E-state index contributed by atoms with van der Waals surface area (Å²) in [5.74, 6) is -0.159. The number of nitro groups is 1. The third-order valence-electron chi connectivity index (χ3n) is 2.60. The van der Waals surface area contributed by atoms with Crippen LogP contribution in [-0.4, -0.2) is 23.2 Å². The third kappa shape index (κ3) is 4.14. The molecule has 1 aromatic heterocycles. The van der Waals surface area contributed by atoms with Crippen molar-refractivity contribution < 1.29 is 19.2 Å². The summed E-state index contributed by atoms with van der Waals surface area (Å²) in [5.41, 5.74) is 1.31. The lowest BCUT2D eigenvalue weighted by Gasteiger charge is -2.12. The van der Waals surface area contributed by atoms with Crippen molar-refractivity contribution in [2.24, 2.45) is 0 Å². The van der Waals surface area contributed by atoms with E-state index in [-0.39, 0.29) is 24.0 Å². The van der Waals surface area contributed by atoms with Gasteiger partial charge in [0.15, 0.2) is 0 Å². The zero-order chi connectivity index (χ0) is 15.2. The molecule has 0 amide bonds. The highest BCUT2D eigenvalue weighted by molar-refractivity contribution is 7.13. The minimum absolute atomic E-state index is 0.0576. The quantitative estimate of drug-likeness (QED) is 0.606. The zero-order valence-electron chi connectivity index (χ0n) is 10.9. The Balaban J connectivity index is 2.06. The predicted molar refractivity (Wildman–Crippen MR) is 77.3 cm³/mol. The molecule has 0 aliphatic heterocycles. The van der Waals surface area contributed by atoms with E-state index in [9.17, 15) is 14.5 Å². The van der Waals surface area contributed by atoms with Crippen molar-refractivity contribution >= 4 is 22.0 Å². The summed E-state index contributed by atoms with van der Waals surface area (Å²) >= 11 is 1.05. The molecule has 0 spiro atoms. The van der Waals surface area contributed by atoms with Crippen LogP contribution < -0.4 is 10.1 Å². The first-order valence-electron chi connectivity index (χ1n) is 6.09. The van der Waals surface area contributed by atoms with Crippen molar-refractivity contribution in [1.82, 2.24) is 0 Å². The highest BCUT2D eigenvalue weighted by Crippen LogP contribution is 2.27. The SMILES string of the molecule is O=[N+]([O-])c1cc(CNc2ccc(F)cc2OCCO)cs1. The number of rotatable bonds is 7. The molecule has 112 valence electrons. The van der Waals surface area contributed by atoms with Gasteiger partial charge in [-0.15, -0.1) is 0 Å². The highest BCUT2D eigenvalue weighted by atomic mass is 32.1. The monoisotopic (exact) mass is 312 g/mol. The highest BCUT2D eigenvalue weighted by Gasteiger charge is 2.10. The minimum atomic E-state index is -0.445. The number of benzene rings is 1. The molecule has 1 heterocycles. The Morgan fingerprint density at radius 3 is 2.90 bits per heavy atom. The van der Waals surface area contributed by atoms with E-state index in [1.807, 2.05) is 0 Å². The second-order valence-electron chi connectivity index (χ2n) is 4.12. The lowest BCUT2D eigenvalue weighted by Crippen LogP contribution is -2.06. The minimum Gasteiger partial charge on any atom is -0.489 e. The van der Waals surface area contributed by atoms with E-state index >= 15 is 0 Å².